The summed E-state index contributed by atoms with van der Waals surface area (Å²) in [7, 11) is 0. The molecule has 3 aromatic rings. The highest BCUT2D eigenvalue weighted by Crippen LogP contribution is 2.41. The number of aromatic nitrogens is 3. The number of rotatable bonds is 1. The molecule has 2 atom stereocenters. The van der Waals surface area contributed by atoms with Gasteiger partial charge < -0.3 is 10.2 Å². The van der Waals surface area contributed by atoms with E-state index in [1.807, 2.05) is 48.7 Å². The molecule has 3 aromatic heterocycles. The van der Waals surface area contributed by atoms with Gasteiger partial charge in [0.1, 0.15) is 21.3 Å². The Morgan fingerprint density at radius 2 is 1.97 bits per heavy atom. The Bertz CT molecular complexity index is 1190. The zero-order chi connectivity index (χ0) is 23.7. The largest absolute Gasteiger partial charge is 0.362 e. The molecule has 1 amide bonds. The maximum atomic E-state index is 13.2. The van der Waals surface area contributed by atoms with Gasteiger partial charge in [0.2, 0.25) is 0 Å². The first kappa shape index (κ1) is 23.1. The third-order valence-electron chi connectivity index (χ3n) is 6.50. The predicted molar refractivity (Wildman–Crippen MR) is 139 cm³/mol. The highest BCUT2D eigenvalue weighted by molar-refractivity contribution is 9.10. The molecule has 34 heavy (non-hydrogen) atoms. The lowest BCUT2D eigenvalue weighted by Crippen LogP contribution is -2.40. The summed E-state index contributed by atoms with van der Waals surface area (Å²) >= 11 is 4.71. The van der Waals surface area contributed by atoms with Crippen molar-refractivity contribution in [3.05, 3.63) is 70.6 Å². The van der Waals surface area contributed by atoms with Crippen LogP contribution in [-0.2, 0) is 0 Å². The Hall–Kier alpha value is -2.65. The van der Waals surface area contributed by atoms with Gasteiger partial charge in [-0.3, -0.25) is 14.5 Å². The van der Waals surface area contributed by atoms with Crippen molar-refractivity contribution in [3.8, 4) is 0 Å². The van der Waals surface area contributed by atoms with Crippen LogP contribution in [0.4, 0.5) is 11.6 Å². The molecule has 0 radical (unpaired) electrons. The Labute approximate surface area is 212 Å². The normalized spacial score (nSPS) is 22.1. The summed E-state index contributed by atoms with van der Waals surface area (Å²) in [5.74, 6) is 1.78. The summed E-state index contributed by atoms with van der Waals surface area (Å²) < 4.78 is 3.68. The van der Waals surface area contributed by atoms with E-state index in [1.54, 1.807) is 0 Å². The SMILES string of the molecule is CC1(C)CC2CCC(c3ccccn3)Nc3cccc(n3)SNC(=O)c3ccc(Br)nc3N1C2. The smallest absolute Gasteiger partial charge is 0.265 e. The molecule has 2 aliphatic heterocycles. The molecule has 1 fully saturated rings. The molecule has 0 spiro atoms. The van der Waals surface area contributed by atoms with Crippen molar-refractivity contribution < 1.29 is 4.79 Å². The van der Waals surface area contributed by atoms with E-state index in [0.717, 1.165) is 47.7 Å². The standard InChI is InChI=1S/C25H27BrN6OS/c1-25(2)14-16-9-11-19(18-6-3-4-13-27-18)28-21-7-5-8-22(30-21)34-31-24(33)17-10-12-20(26)29-23(17)32(25)15-16/h3-8,10,12-13,16,19H,9,11,14-15H2,1-2H3,(H,28,30)(H,31,33). The molecule has 2 unspecified atom stereocenters. The highest BCUT2D eigenvalue weighted by Gasteiger charge is 2.40. The van der Waals surface area contributed by atoms with E-state index in [4.69, 9.17) is 9.97 Å². The zero-order valence-corrected chi connectivity index (χ0v) is 21.6. The van der Waals surface area contributed by atoms with E-state index >= 15 is 0 Å². The molecule has 176 valence electrons. The van der Waals surface area contributed by atoms with Crippen LogP contribution in [0.5, 0.6) is 0 Å². The molecule has 9 heteroatoms. The van der Waals surface area contributed by atoms with Crippen LogP contribution < -0.4 is 14.9 Å². The number of nitrogens with one attached hydrogen (secondary N) is 2. The molecule has 0 saturated carbocycles. The molecule has 5 rings (SSSR count). The third-order valence-corrected chi connectivity index (χ3v) is 7.67. The summed E-state index contributed by atoms with van der Waals surface area (Å²) in [4.78, 5) is 29.6. The quantitative estimate of drug-likeness (QED) is 0.307. The Morgan fingerprint density at radius 3 is 2.79 bits per heavy atom. The van der Waals surface area contributed by atoms with Crippen LogP contribution in [-0.4, -0.2) is 32.9 Å². The summed E-state index contributed by atoms with van der Waals surface area (Å²) in [5.41, 5.74) is 1.46. The minimum atomic E-state index is -0.180. The van der Waals surface area contributed by atoms with Crippen molar-refractivity contribution in [2.24, 2.45) is 5.92 Å². The maximum Gasteiger partial charge on any atom is 0.265 e. The van der Waals surface area contributed by atoms with E-state index in [2.05, 4.69) is 55.8 Å². The minimum Gasteiger partial charge on any atom is -0.362 e. The average Bonchev–Trinajstić information content (AvgIpc) is 3.14. The van der Waals surface area contributed by atoms with Gasteiger partial charge in [-0.15, -0.1) is 0 Å². The summed E-state index contributed by atoms with van der Waals surface area (Å²) in [6.07, 6.45) is 4.82. The lowest BCUT2D eigenvalue weighted by molar-refractivity contribution is 0.0984. The number of amides is 1. The molecule has 7 nitrogen and oxygen atoms in total. The van der Waals surface area contributed by atoms with E-state index < -0.39 is 0 Å². The van der Waals surface area contributed by atoms with Crippen LogP contribution in [0.1, 0.15) is 55.2 Å². The number of pyridine rings is 3. The van der Waals surface area contributed by atoms with E-state index in [-0.39, 0.29) is 17.5 Å². The molecule has 1 saturated heterocycles. The zero-order valence-electron chi connectivity index (χ0n) is 19.2. The molecule has 4 bridgehead atoms. The Morgan fingerprint density at radius 1 is 1.09 bits per heavy atom. The van der Waals surface area contributed by atoms with Crippen LogP contribution in [0.25, 0.3) is 0 Å². The molecule has 2 aliphatic rings. The van der Waals surface area contributed by atoms with E-state index in [9.17, 15) is 4.79 Å². The van der Waals surface area contributed by atoms with Crippen molar-refractivity contribution in [1.29, 1.82) is 0 Å². The average molecular weight is 540 g/mol. The van der Waals surface area contributed by atoms with Gasteiger partial charge in [0.25, 0.3) is 5.91 Å². The molecule has 2 N–H and O–H groups in total. The summed E-state index contributed by atoms with van der Waals surface area (Å²) in [6, 6.07) is 15.5. The Balaban J connectivity index is 1.53. The van der Waals surface area contributed by atoms with Crippen LogP contribution in [0.2, 0.25) is 0 Å². The van der Waals surface area contributed by atoms with Crippen molar-refractivity contribution in [2.45, 2.75) is 49.7 Å². The predicted octanol–water partition coefficient (Wildman–Crippen LogP) is 5.62. The second-order valence-corrected chi connectivity index (χ2v) is 11.1. The second kappa shape index (κ2) is 9.54. The number of hydrogen-bond acceptors (Lipinski definition) is 7. The van der Waals surface area contributed by atoms with Crippen molar-refractivity contribution in [1.82, 2.24) is 19.7 Å². The minimum absolute atomic E-state index is 0.0467. The number of anilines is 2. The van der Waals surface area contributed by atoms with Crippen molar-refractivity contribution in [3.63, 3.8) is 0 Å². The number of fused-ring (bicyclic) bond motifs is 6. The first-order valence-electron chi connectivity index (χ1n) is 11.4. The van der Waals surface area contributed by atoms with Gasteiger partial charge in [-0.1, -0.05) is 12.1 Å². The topological polar surface area (TPSA) is 83.0 Å². The van der Waals surface area contributed by atoms with E-state index in [1.165, 1.54) is 11.9 Å². The number of halogens is 1. The summed E-state index contributed by atoms with van der Waals surface area (Å²) in [5, 5.41) is 4.30. The molecule has 0 aliphatic carbocycles. The van der Waals surface area contributed by atoms with Gasteiger partial charge in [-0.2, -0.15) is 0 Å². The lowest BCUT2D eigenvalue weighted by atomic mass is 9.91. The number of carbonyl (C=O) groups is 1. The summed E-state index contributed by atoms with van der Waals surface area (Å²) in [6.45, 7) is 5.32. The van der Waals surface area contributed by atoms with Crippen LogP contribution in [0, 0.1) is 5.92 Å². The maximum absolute atomic E-state index is 13.2. The number of nitrogens with zero attached hydrogens (tertiary/aromatic N) is 4. The Kier molecular flexibility index (Phi) is 6.48. The van der Waals surface area contributed by atoms with Crippen molar-refractivity contribution >= 4 is 45.4 Å². The highest BCUT2D eigenvalue weighted by atomic mass is 79.9. The third kappa shape index (κ3) is 4.90. The van der Waals surface area contributed by atoms with Gasteiger partial charge in [0, 0.05) is 30.2 Å². The lowest BCUT2D eigenvalue weighted by Gasteiger charge is -2.33. The van der Waals surface area contributed by atoms with Crippen molar-refractivity contribution in [2.75, 3.05) is 16.8 Å². The second-order valence-electron chi connectivity index (χ2n) is 9.42. The monoisotopic (exact) mass is 538 g/mol. The molecular weight excluding hydrogens is 512 g/mol. The fourth-order valence-corrected chi connectivity index (χ4v) is 5.82. The van der Waals surface area contributed by atoms with Gasteiger partial charge >= 0.3 is 0 Å². The van der Waals surface area contributed by atoms with Crippen LogP contribution >= 0.6 is 27.9 Å². The molecule has 5 heterocycles. The fourth-order valence-electron chi connectivity index (χ4n) is 4.92. The van der Waals surface area contributed by atoms with Crippen LogP contribution in [0.15, 0.2) is 64.4 Å². The number of hydrogen-bond donors (Lipinski definition) is 2. The molecule has 0 aromatic carbocycles. The molecular formula is C25H27BrN6OS. The number of carbonyl (C=O) groups excluding carboxylic acids is 1. The van der Waals surface area contributed by atoms with Gasteiger partial charge in [-0.05, 0) is 91.4 Å². The first-order valence-corrected chi connectivity index (χ1v) is 13.1. The van der Waals surface area contributed by atoms with Gasteiger partial charge in [0.15, 0.2) is 0 Å². The van der Waals surface area contributed by atoms with E-state index in [0.29, 0.717) is 16.5 Å². The van der Waals surface area contributed by atoms with Crippen LogP contribution in [0.3, 0.4) is 0 Å². The van der Waals surface area contributed by atoms with Gasteiger partial charge in [-0.25, -0.2) is 9.97 Å². The fraction of sp³-hybridized carbons (Fsp3) is 0.360. The van der Waals surface area contributed by atoms with Gasteiger partial charge in [0.05, 0.1) is 17.3 Å². The first-order chi connectivity index (χ1) is 16.4.